The van der Waals surface area contributed by atoms with E-state index < -0.39 is 12.6 Å². The number of rotatable bonds is 6. The highest BCUT2D eigenvalue weighted by Crippen LogP contribution is 2.37. The molecule has 2 aromatic carbocycles. The average Bonchev–Trinajstić information content (AvgIpc) is 3.23. The summed E-state index contributed by atoms with van der Waals surface area (Å²) in [5.41, 5.74) is 2.33. The fourth-order valence-electron chi connectivity index (χ4n) is 3.78. The predicted octanol–water partition coefficient (Wildman–Crippen LogP) is 3.57. The molecule has 30 heavy (non-hydrogen) atoms. The molecule has 0 aliphatic carbocycles. The molecule has 1 atom stereocenters. The zero-order chi connectivity index (χ0) is 21.3. The fraction of sp³-hybridized carbons (Fsp3) is 0.333. The van der Waals surface area contributed by atoms with Gasteiger partial charge in [0.1, 0.15) is 12.6 Å². The number of fused-ring (bicyclic) bond motifs is 3. The number of methoxy groups -OCH3 is 1. The zero-order valence-electron chi connectivity index (χ0n) is 16.2. The number of hydrogen-bond acceptors (Lipinski definition) is 6. The third kappa shape index (κ3) is 3.87. The van der Waals surface area contributed by atoms with Gasteiger partial charge in [-0.05, 0) is 48.7 Å². The van der Waals surface area contributed by atoms with E-state index in [9.17, 15) is 18.4 Å². The Balaban J connectivity index is 1.45. The number of nitrogens with one attached hydrogen (secondary N) is 1. The first-order valence-corrected chi connectivity index (χ1v) is 9.46. The van der Waals surface area contributed by atoms with Gasteiger partial charge in [-0.3, -0.25) is 4.79 Å². The van der Waals surface area contributed by atoms with Crippen molar-refractivity contribution >= 4 is 23.3 Å². The van der Waals surface area contributed by atoms with Crippen LogP contribution in [0.1, 0.15) is 28.8 Å². The highest BCUT2D eigenvalue weighted by Gasteiger charge is 2.36. The molecule has 1 saturated heterocycles. The van der Waals surface area contributed by atoms with Crippen molar-refractivity contribution in [3.05, 3.63) is 47.5 Å². The number of halogens is 2. The van der Waals surface area contributed by atoms with Crippen LogP contribution < -0.4 is 19.7 Å². The van der Waals surface area contributed by atoms with E-state index in [0.717, 1.165) is 25.1 Å². The Labute approximate surface area is 171 Å². The number of esters is 1. The molecule has 0 unspecified atom stereocenters. The number of ether oxygens (including phenoxy) is 3. The Hall–Kier alpha value is -3.36. The van der Waals surface area contributed by atoms with Crippen molar-refractivity contribution < 1.29 is 32.6 Å². The first-order valence-electron chi connectivity index (χ1n) is 9.46. The Morgan fingerprint density at radius 1 is 1.23 bits per heavy atom. The van der Waals surface area contributed by atoms with Crippen molar-refractivity contribution in [2.45, 2.75) is 32.1 Å². The number of amides is 1. The molecular weight excluding hydrogens is 398 g/mol. The molecule has 1 amide bonds. The molecule has 2 aliphatic rings. The highest BCUT2D eigenvalue weighted by molar-refractivity contribution is 6.05. The molecule has 0 aromatic heterocycles. The minimum Gasteiger partial charge on any atom is -0.493 e. The van der Waals surface area contributed by atoms with E-state index in [2.05, 4.69) is 15.0 Å². The lowest BCUT2D eigenvalue weighted by molar-refractivity contribution is -0.117. The fourth-order valence-corrected chi connectivity index (χ4v) is 3.78. The molecule has 7 nitrogen and oxygen atoms in total. The SMILES string of the molecule is COc1cc(COC(=O)c2ccc3c(c2)NC(=O)[C@H]2CCCN32)ccc1OC(F)F. The van der Waals surface area contributed by atoms with Crippen LogP contribution in [0.15, 0.2) is 36.4 Å². The van der Waals surface area contributed by atoms with E-state index in [1.165, 1.54) is 25.3 Å². The second-order valence-corrected chi connectivity index (χ2v) is 7.01. The van der Waals surface area contributed by atoms with Crippen molar-refractivity contribution in [2.75, 3.05) is 23.9 Å². The minimum absolute atomic E-state index is 0.0660. The van der Waals surface area contributed by atoms with Crippen LogP contribution in [0.3, 0.4) is 0 Å². The lowest BCUT2D eigenvalue weighted by Crippen LogP contribution is -2.43. The lowest BCUT2D eigenvalue weighted by atomic mass is 10.1. The Bertz CT molecular complexity index is 982. The van der Waals surface area contributed by atoms with E-state index in [1.807, 2.05) is 6.07 Å². The molecule has 0 radical (unpaired) electrons. The monoisotopic (exact) mass is 418 g/mol. The maximum atomic E-state index is 12.5. The quantitative estimate of drug-likeness (QED) is 0.723. The molecule has 0 spiro atoms. The number of carbonyl (C=O) groups excluding carboxylic acids is 2. The maximum absolute atomic E-state index is 12.5. The summed E-state index contributed by atoms with van der Waals surface area (Å²) < 4.78 is 39.6. The van der Waals surface area contributed by atoms with E-state index in [1.54, 1.807) is 12.1 Å². The summed E-state index contributed by atoms with van der Waals surface area (Å²) in [6.45, 7) is -2.24. The van der Waals surface area contributed by atoms with Crippen LogP contribution in [0.4, 0.5) is 20.2 Å². The maximum Gasteiger partial charge on any atom is 0.387 e. The molecule has 158 valence electrons. The van der Waals surface area contributed by atoms with Crippen LogP contribution in [0.5, 0.6) is 11.5 Å². The van der Waals surface area contributed by atoms with Crippen LogP contribution in [0.2, 0.25) is 0 Å². The number of hydrogen-bond donors (Lipinski definition) is 1. The van der Waals surface area contributed by atoms with Crippen molar-refractivity contribution in [1.29, 1.82) is 0 Å². The van der Waals surface area contributed by atoms with Gasteiger partial charge in [0.2, 0.25) is 5.91 Å². The minimum atomic E-state index is -2.97. The van der Waals surface area contributed by atoms with Gasteiger partial charge in [0.15, 0.2) is 11.5 Å². The zero-order valence-corrected chi connectivity index (χ0v) is 16.2. The predicted molar refractivity (Wildman–Crippen MR) is 104 cm³/mol. The van der Waals surface area contributed by atoms with Gasteiger partial charge >= 0.3 is 12.6 Å². The smallest absolute Gasteiger partial charge is 0.387 e. The lowest BCUT2D eigenvalue weighted by Gasteiger charge is -2.33. The molecule has 9 heteroatoms. The van der Waals surface area contributed by atoms with Gasteiger partial charge in [0.25, 0.3) is 0 Å². The number of nitrogens with zero attached hydrogens (tertiary/aromatic N) is 1. The van der Waals surface area contributed by atoms with Crippen LogP contribution in [-0.4, -0.2) is 38.2 Å². The van der Waals surface area contributed by atoms with Crippen LogP contribution in [-0.2, 0) is 16.1 Å². The largest absolute Gasteiger partial charge is 0.493 e. The Kier molecular flexibility index (Phi) is 5.43. The molecule has 1 N–H and O–H groups in total. The summed E-state index contributed by atoms with van der Waals surface area (Å²) in [6, 6.07) is 9.22. The molecule has 2 aromatic rings. The van der Waals surface area contributed by atoms with Gasteiger partial charge in [-0.25, -0.2) is 4.79 Å². The summed E-state index contributed by atoms with van der Waals surface area (Å²) in [5, 5.41) is 2.86. The Morgan fingerprint density at radius 2 is 2.07 bits per heavy atom. The van der Waals surface area contributed by atoms with Gasteiger partial charge in [-0.2, -0.15) is 8.78 Å². The first-order chi connectivity index (χ1) is 14.5. The standard InChI is InChI=1S/C21H20F2N2O5/c1-28-18-9-12(4-7-17(18)30-21(22)23)11-29-20(27)13-5-6-15-14(10-13)24-19(26)16-3-2-8-25(15)16/h4-7,9-10,16,21H,2-3,8,11H2,1H3,(H,24,26)/t16-/m1/s1. The molecule has 1 fully saturated rings. The van der Waals surface area contributed by atoms with Gasteiger partial charge < -0.3 is 24.4 Å². The van der Waals surface area contributed by atoms with Crippen molar-refractivity contribution in [1.82, 2.24) is 0 Å². The average molecular weight is 418 g/mol. The number of anilines is 2. The highest BCUT2D eigenvalue weighted by atomic mass is 19.3. The van der Waals surface area contributed by atoms with E-state index in [0.29, 0.717) is 16.8 Å². The summed E-state index contributed by atoms with van der Waals surface area (Å²) in [4.78, 5) is 26.8. The summed E-state index contributed by atoms with van der Waals surface area (Å²) in [7, 11) is 1.33. The number of carbonyl (C=O) groups is 2. The van der Waals surface area contributed by atoms with E-state index in [-0.39, 0.29) is 30.1 Å². The molecule has 0 bridgehead atoms. The normalized spacial score (nSPS) is 17.3. The van der Waals surface area contributed by atoms with Crippen LogP contribution in [0, 0.1) is 0 Å². The number of alkyl halides is 2. The molecular formula is C21H20F2N2O5. The molecule has 2 heterocycles. The third-order valence-electron chi connectivity index (χ3n) is 5.17. The van der Waals surface area contributed by atoms with Gasteiger partial charge in [-0.15, -0.1) is 0 Å². The summed E-state index contributed by atoms with van der Waals surface area (Å²) in [6.07, 6.45) is 1.77. The second-order valence-electron chi connectivity index (χ2n) is 7.01. The Morgan fingerprint density at radius 3 is 2.83 bits per heavy atom. The van der Waals surface area contributed by atoms with Gasteiger partial charge in [0.05, 0.1) is 24.0 Å². The third-order valence-corrected chi connectivity index (χ3v) is 5.17. The van der Waals surface area contributed by atoms with Crippen molar-refractivity contribution in [3.63, 3.8) is 0 Å². The van der Waals surface area contributed by atoms with Crippen molar-refractivity contribution in [3.8, 4) is 11.5 Å². The summed E-state index contributed by atoms with van der Waals surface area (Å²) in [5.74, 6) is -0.625. The van der Waals surface area contributed by atoms with E-state index in [4.69, 9.17) is 9.47 Å². The molecule has 0 saturated carbocycles. The van der Waals surface area contributed by atoms with Crippen LogP contribution in [0.25, 0.3) is 0 Å². The second kappa shape index (κ2) is 8.17. The van der Waals surface area contributed by atoms with E-state index >= 15 is 0 Å². The van der Waals surface area contributed by atoms with Crippen LogP contribution >= 0.6 is 0 Å². The van der Waals surface area contributed by atoms with Gasteiger partial charge in [-0.1, -0.05) is 6.07 Å². The first kappa shape index (κ1) is 19.9. The molecule has 4 rings (SSSR count). The van der Waals surface area contributed by atoms with Gasteiger partial charge in [0, 0.05) is 6.54 Å². The summed E-state index contributed by atoms with van der Waals surface area (Å²) >= 11 is 0. The molecule has 2 aliphatic heterocycles. The number of benzene rings is 2. The van der Waals surface area contributed by atoms with Crippen molar-refractivity contribution in [2.24, 2.45) is 0 Å². The topological polar surface area (TPSA) is 77.1 Å².